The number of aromatic nitrogens is 1. The van der Waals surface area contributed by atoms with Crippen molar-refractivity contribution in [3.05, 3.63) is 90.0 Å². The summed E-state index contributed by atoms with van der Waals surface area (Å²) in [5, 5.41) is 25.7. The van der Waals surface area contributed by atoms with Crippen molar-refractivity contribution in [1.82, 2.24) is 0 Å². The molecule has 148 valence electrons. The van der Waals surface area contributed by atoms with Gasteiger partial charge in [-0.05, 0) is 53.8 Å². The van der Waals surface area contributed by atoms with Gasteiger partial charge in [-0.15, -0.1) is 0 Å². The number of nitrogens with one attached hydrogen (secondary N) is 1. The van der Waals surface area contributed by atoms with Gasteiger partial charge in [-0.25, -0.2) is 4.39 Å². The summed E-state index contributed by atoms with van der Waals surface area (Å²) in [5.74, 6) is -0.119. The van der Waals surface area contributed by atoms with Crippen molar-refractivity contribution in [2.24, 2.45) is 0 Å². The number of methoxy groups -OCH3 is 1. The molecule has 0 spiro atoms. The average molecular weight is 410 g/mol. The standard InChI is InChI=1S/C22H19FN2O3S/c1-28-19-10-8-18(9-11-19)24-22(29)20(25-12-2-3-15(13-25)14-26)21(27)16-4-6-17(23)7-5-16/h2-13,26H,14H2,1H3,(H-,24,27,29). The third kappa shape index (κ3) is 4.96. The predicted molar refractivity (Wildman–Crippen MR) is 111 cm³/mol. The zero-order valence-corrected chi connectivity index (χ0v) is 16.4. The van der Waals surface area contributed by atoms with Crippen LogP contribution >= 0.6 is 12.2 Å². The molecular weight excluding hydrogens is 391 g/mol. The number of anilines is 1. The van der Waals surface area contributed by atoms with Gasteiger partial charge in [0.15, 0.2) is 17.4 Å². The summed E-state index contributed by atoms with van der Waals surface area (Å²) in [5.41, 5.74) is 1.77. The van der Waals surface area contributed by atoms with Crippen molar-refractivity contribution in [1.29, 1.82) is 0 Å². The second kappa shape index (κ2) is 9.27. The smallest absolute Gasteiger partial charge is 0.238 e. The number of benzene rings is 2. The molecule has 2 N–H and O–H groups in total. The first-order valence-electron chi connectivity index (χ1n) is 8.76. The van der Waals surface area contributed by atoms with Crippen molar-refractivity contribution in [2.45, 2.75) is 6.61 Å². The van der Waals surface area contributed by atoms with Crippen LogP contribution in [0.5, 0.6) is 5.75 Å². The third-order valence-electron chi connectivity index (χ3n) is 4.19. The molecule has 0 aliphatic heterocycles. The molecule has 0 amide bonds. The zero-order valence-electron chi connectivity index (χ0n) is 15.6. The molecule has 0 fully saturated rings. The number of pyridine rings is 1. The number of hydrogen-bond donors (Lipinski definition) is 2. The number of thiocarbonyl (C=S) groups is 1. The van der Waals surface area contributed by atoms with Crippen LogP contribution in [0.2, 0.25) is 0 Å². The first-order valence-corrected chi connectivity index (χ1v) is 9.16. The Kier molecular flexibility index (Phi) is 6.54. The van der Waals surface area contributed by atoms with Crippen LogP contribution in [-0.2, 0) is 6.61 Å². The third-order valence-corrected chi connectivity index (χ3v) is 4.48. The predicted octanol–water partition coefficient (Wildman–Crippen LogP) is 2.74. The number of aliphatic hydroxyl groups excluding tert-OH is 1. The largest absolute Gasteiger partial charge is 0.867 e. The lowest BCUT2D eigenvalue weighted by atomic mass is 10.1. The Morgan fingerprint density at radius 2 is 1.83 bits per heavy atom. The van der Waals surface area contributed by atoms with E-state index in [-0.39, 0.29) is 23.1 Å². The zero-order chi connectivity index (χ0) is 20.8. The van der Waals surface area contributed by atoms with Gasteiger partial charge in [0.1, 0.15) is 11.6 Å². The van der Waals surface area contributed by atoms with E-state index in [2.05, 4.69) is 5.32 Å². The molecule has 0 atom stereocenters. The molecule has 0 saturated carbocycles. The van der Waals surface area contributed by atoms with Crippen molar-refractivity contribution >= 4 is 34.3 Å². The quantitative estimate of drug-likeness (QED) is 0.283. The van der Waals surface area contributed by atoms with Gasteiger partial charge < -0.3 is 20.3 Å². The molecule has 7 heteroatoms. The lowest BCUT2D eigenvalue weighted by Gasteiger charge is -2.17. The summed E-state index contributed by atoms with van der Waals surface area (Å²) in [7, 11) is 1.57. The molecule has 29 heavy (non-hydrogen) atoms. The van der Waals surface area contributed by atoms with E-state index in [0.717, 1.165) is 0 Å². The summed E-state index contributed by atoms with van der Waals surface area (Å²) in [4.78, 5) is 0.185. The van der Waals surface area contributed by atoms with Crippen LogP contribution in [-0.4, -0.2) is 17.2 Å². The number of rotatable bonds is 6. The molecule has 0 unspecified atom stereocenters. The first-order chi connectivity index (χ1) is 14.0. The van der Waals surface area contributed by atoms with Gasteiger partial charge in [0, 0.05) is 17.3 Å². The second-order valence-corrected chi connectivity index (χ2v) is 6.55. The highest BCUT2D eigenvalue weighted by Crippen LogP contribution is 2.19. The monoisotopic (exact) mass is 410 g/mol. The van der Waals surface area contributed by atoms with Crippen molar-refractivity contribution < 1.29 is 23.9 Å². The van der Waals surface area contributed by atoms with Crippen LogP contribution in [0, 0.1) is 5.82 Å². The Labute approximate surface area is 173 Å². The fourth-order valence-corrected chi connectivity index (χ4v) is 3.01. The van der Waals surface area contributed by atoms with Crippen LogP contribution < -0.4 is 19.7 Å². The molecule has 2 aromatic carbocycles. The molecule has 0 bridgehead atoms. The molecule has 1 heterocycles. The highest BCUT2D eigenvalue weighted by molar-refractivity contribution is 7.81. The van der Waals surface area contributed by atoms with E-state index in [1.807, 2.05) is 0 Å². The van der Waals surface area contributed by atoms with E-state index in [9.17, 15) is 14.6 Å². The van der Waals surface area contributed by atoms with Crippen LogP contribution in [0.4, 0.5) is 10.1 Å². The van der Waals surface area contributed by atoms with Crippen molar-refractivity contribution in [3.63, 3.8) is 0 Å². The number of aliphatic hydroxyl groups is 1. The van der Waals surface area contributed by atoms with Gasteiger partial charge in [0.25, 0.3) is 0 Å². The first kappa shape index (κ1) is 20.4. The molecule has 5 nitrogen and oxygen atoms in total. The minimum absolute atomic E-state index is 0.178. The Bertz CT molecular complexity index is 1030. The topological polar surface area (TPSA) is 68.4 Å². The van der Waals surface area contributed by atoms with Gasteiger partial charge >= 0.3 is 0 Å². The number of hydrogen-bond acceptors (Lipinski definition) is 4. The maximum atomic E-state index is 13.3. The molecule has 0 saturated heterocycles. The van der Waals surface area contributed by atoms with E-state index in [1.54, 1.807) is 60.5 Å². The molecule has 3 aromatic rings. The fourth-order valence-electron chi connectivity index (χ4n) is 2.70. The maximum absolute atomic E-state index is 13.3. The van der Waals surface area contributed by atoms with Crippen LogP contribution in [0.1, 0.15) is 11.1 Å². The SMILES string of the molecule is COc1ccc(NC(=S)/C(=C(\[O-])c2ccc(F)cc2)[n+]2cccc(CO)c2)cc1. The molecule has 0 aliphatic rings. The lowest BCUT2D eigenvalue weighted by molar-refractivity contribution is -0.578. The summed E-state index contributed by atoms with van der Waals surface area (Å²) >= 11 is 5.52. The van der Waals surface area contributed by atoms with E-state index >= 15 is 0 Å². The fraction of sp³-hybridized carbons (Fsp3) is 0.0909. The van der Waals surface area contributed by atoms with Crippen LogP contribution in [0.15, 0.2) is 73.1 Å². The van der Waals surface area contributed by atoms with Gasteiger partial charge in [0.05, 0.1) is 13.7 Å². The molecule has 1 aromatic heterocycles. The van der Waals surface area contributed by atoms with E-state index in [0.29, 0.717) is 22.6 Å². The van der Waals surface area contributed by atoms with Crippen molar-refractivity contribution in [2.75, 3.05) is 12.4 Å². The summed E-state index contributed by atoms with van der Waals surface area (Å²) < 4.78 is 20.0. The highest BCUT2D eigenvalue weighted by Gasteiger charge is 2.19. The molecule has 0 radical (unpaired) electrons. The minimum atomic E-state index is -0.433. The molecular formula is C22H19FN2O3S. The average Bonchev–Trinajstić information content (AvgIpc) is 2.75. The summed E-state index contributed by atoms with van der Waals surface area (Å²) in [6, 6.07) is 15.8. The van der Waals surface area contributed by atoms with Gasteiger partial charge in [-0.3, -0.25) is 0 Å². The van der Waals surface area contributed by atoms with Gasteiger partial charge in [-0.2, -0.15) is 4.57 Å². The van der Waals surface area contributed by atoms with E-state index in [4.69, 9.17) is 17.0 Å². The van der Waals surface area contributed by atoms with Gasteiger partial charge in [-0.1, -0.05) is 24.4 Å². The van der Waals surface area contributed by atoms with Gasteiger partial charge in [0.2, 0.25) is 5.70 Å². The Morgan fingerprint density at radius 1 is 1.14 bits per heavy atom. The second-order valence-electron chi connectivity index (χ2n) is 6.14. The van der Waals surface area contributed by atoms with Crippen molar-refractivity contribution in [3.8, 4) is 5.75 Å². The van der Waals surface area contributed by atoms with E-state index in [1.165, 1.54) is 24.3 Å². The molecule has 0 aliphatic carbocycles. The number of ether oxygens (including phenoxy) is 1. The van der Waals surface area contributed by atoms with E-state index < -0.39 is 5.82 Å². The number of nitrogens with zero attached hydrogens (tertiary/aromatic N) is 1. The Balaban J connectivity index is 2.04. The molecule has 3 rings (SSSR count). The minimum Gasteiger partial charge on any atom is -0.867 e. The Hall–Kier alpha value is -3.29. The van der Waals surface area contributed by atoms with Crippen LogP contribution in [0.3, 0.4) is 0 Å². The summed E-state index contributed by atoms with van der Waals surface area (Å²) in [6.45, 7) is -0.183. The number of halogens is 1. The lowest BCUT2D eigenvalue weighted by Crippen LogP contribution is -2.40. The Morgan fingerprint density at radius 3 is 2.45 bits per heavy atom. The summed E-state index contributed by atoms with van der Waals surface area (Å²) in [6.07, 6.45) is 3.29. The van der Waals surface area contributed by atoms with Crippen LogP contribution in [0.25, 0.3) is 11.5 Å². The normalized spacial score (nSPS) is 11.6. The highest BCUT2D eigenvalue weighted by atomic mass is 32.1. The maximum Gasteiger partial charge on any atom is 0.238 e.